The Hall–Kier alpha value is -2.62. The van der Waals surface area contributed by atoms with Gasteiger partial charge in [0, 0.05) is 17.5 Å². The quantitative estimate of drug-likeness (QED) is 0.768. The second-order valence-electron chi connectivity index (χ2n) is 4.48. The highest BCUT2D eigenvalue weighted by atomic mass is 19.1. The standard InChI is InChI=1S/C16H13FN2O/c1-11-10-18-16(19-11)12-7-8-14(17)15(9-12)20-13-5-3-2-4-6-13/h2-10H,1H3,(H,18,19). The molecule has 0 aliphatic carbocycles. The Morgan fingerprint density at radius 1 is 1.10 bits per heavy atom. The first kappa shape index (κ1) is 12.4. The molecule has 1 aromatic heterocycles. The number of H-pyrrole nitrogens is 1. The predicted molar refractivity (Wildman–Crippen MR) is 75.2 cm³/mol. The van der Waals surface area contributed by atoms with E-state index in [0.29, 0.717) is 11.6 Å². The summed E-state index contributed by atoms with van der Waals surface area (Å²) in [6.45, 7) is 1.92. The fraction of sp³-hybridized carbons (Fsp3) is 0.0625. The van der Waals surface area contributed by atoms with Crippen molar-refractivity contribution in [1.29, 1.82) is 0 Å². The van der Waals surface area contributed by atoms with E-state index < -0.39 is 5.82 Å². The Balaban J connectivity index is 1.95. The molecule has 4 heteroatoms. The molecular weight excluding hydrogens is 255 g/mol. The Bertz CT molecular complexity index is 722. The van der Waals surface area contributed by atoms with Gasteiger partial charge in [0.25, 0.3) is 0 Å². The van der Waals surface area contributed by atoms with Gasteiger partial charge in [-0.3, -0.25) is 0 Å². The van der Waals surface area contributed by atoms with Crippen LogP contribution in [0.1, 0.15) is 5.69 Å². The average Bonchev–Trinajstić information content (AvgIpc) is 2.89. The highest BCUT2D eigenvalue weighted by Crippen LogP contribution is 2.28. The van der Waals surface area contributed by atoms with Gasteiger partial charge in [0.2, 0.25) is 0 Å². The van der Waals surface area contributed by atoms with Crippen LogP contribution in [-0.4, -0.2) is 9.97 Å². The lowest BCUT2D eigenvalue weighted by molar-refractivity contribution is 0.442. The number of ether oxygens (including phenoxy) is 1. The van der Waals surface area contributed by atoms with Gasteiger partial charge in [-0.1, -0.05) is 18.2 Å². The molecule has 0 bridgehead atoms. The molecule has 0 amide bonds. The summed E-state index contributed by atoms with van der Waals surface area (Å²) in [5, 5.41) is 0. The van der Waals surface area contributed by atoms with Crippen molar-refractivity contribution in [2.75, 3.05) is 0 Å². The summed E-state index contributed by atoms with van der Waals surface area (Å²) in [6, 6.07) is 13.8. The average molecular weight is 268 g/mol. The van der Waals surface area contributed by atoms with Crippen LogP contribution in [0.15, 0.2) is 54.7 Å². The van der Waals surface area contributed by atoms with Crippen molar-refractivity contribution < 1.29 is 9.13 Å². The van der Waals surface area contributed by atoms with Crippen LogP contribution in [0.25, 0.3) is 11.4 Å². The number of hydrogen-bond acceptors (Lipinski definition) is 2. The van der Waals surface area contributed by atoms with Crippen LogP contribution in [0.4, 0.5) is 4.39 Å². The Kier molecular flexibility index (Phi) is 3.21. The zero-order valence-corrected chi connectivity index (χ0v) is 10.9. The first-order chi connectivity index (χ1) is 9.72. The van der Waals surface area contributed by atoms with Crippen molar-refractivity contribution in [3.63, 3.8) is 0 Å². The molecule has 0 aliphatic heterocycles. The minimum atomic E-state index is -0.402. The fourth-order valence-corrected chi connectivity index (χ4v) is 1.90. The number of nitrogens with one attached hydrogen (secondary N) is 1. The minimum absolute atomic E-state index is 0.183. The summed E-state index contributed by atoms with van der Waals surface area (Å²) < 4.78 is 19.4. The number of hydrogen-bond donors (Lipinski definition) is 1. The van der Waals surface area contributed by atoms with Gasteiger partial charge in [0.15, 0.2) is 11.6 Å². The highest BCUT2D eigenvalue weighted by molar-refractivity contribution is 5.58. The number of aromatic amines is 1. The molecule has 1 heterocycles. The lowest BCUT2D eigenvalue weighted by Gasteiger charge is -2.08. The fourth-order valence-electron chi connectivity index (χ4n) is 1.90. The van der Waals surface area contributed by atoms with Crippen LogP contribution in [-0.2, 0) is 0 Å². The number of aryl methyl sites for hydroxylation is 1. The molecule has 3 aromatic rings. The van der Waals surface area contributed by atoms with Crippen molar-refractivity contribution >= 4 is 0 Å². The van der Waals surface area contributed by atoms with Crippen molar-refractivity contribution in [2.45, 2.75) is 6.92 Å². The number of aromatic nitrogens is 2. The third-order valence-electron chi connectivity index (χ3n) is 2.88. The molecule has 3 rings (SSSR count). The van der Waals surface area contributed by atoms with Gasteiger partial charge in [0.05, 0.1) is 0 Å². The van der Waals surface area contributed by atoms with Gasteiger partial charge in [0.1, 0.15) is 11.6 Å². The zero-order chi connectivity index (χ0) is 13.9. The molecule has 0 atom stereocenters. The van der Waals surface area contributed by atoms with Crippen molar-refractivity contribution in [3.05, 3.63) is 66.2 Å². The monoisotopic (exact) mass is 268 g/mol. The van der Waals surface area contributed by atoms with E-state index in [1.165, 1.54) is 6.07 Å². The summed E-state index contributed by atoms with van der Waals surface area (Å²) >= 11 is 0. The van der Waals surface area contributed by atoms with E-state index in [1.54, 1.807) is 30.5 Å². The number of rotatable bonds is 3. The lowest BCUT2D eigenvalue weighted by Crippen LogP contribution is -1.90. The number of halogens is 1. The second-order valence-corrected chi connectivity index (χ2v) is 4.48. The van der Waals surface area contributed by atoms with Crippen molar-refractivity contribution in [2.24, 2.45) is 0 Å². The SMILES string of the molecule is Cc1cnc(-c2ccc(F)c(Oc3ccccc3)c2)[nH]1. The highest BCUT2D eigenvalue weighted by Gasteiger charge is 2.09. The normalized spacial score (nSPS) is 10.5. The van der Waals surface area contributed by atoms with Crippen LogP contribution in [0.3, 0.4) is 0 Å². The smallest absolute Gasteiger partial charge is 0.165 e. The number of nitrogens with zero attached hydrogens (tertiary/aromatic N) is 1. The molecule has 0 spiro atoms. The topological polar surface area (TPSA) is 37.9 Å². The summed E-state index contributed by atoms with van der Waals surface area (Å²) in [6.07, 6.45) is 1.73. The largest absolute Gasteiger partial charge is 0.454 e. The summed E-state index contributed by atoms with van der Waals surface area (Å²) in [4.78, 5) is 7.34. The van der Waals surface area contributed by atoms with E-state index in [0.717, 1.165) is 11.3 Å². The molecule has 3 nitrogen and oxygen atoms in total. The van der Waals surface area contributed by atoms with E-state index >= 15 is 0 Å². The summed E-state index contributed by atoms with van der Waals surface area (Å²) in [5.41, 5.74) is 1.74. The second kappa shape index (κ2) is 5.17. The maximum atomic E-state index is 13.8. The molecule has 0 fully saturated rings. The molecule has 2 aromatic carbocycles. The van der Waals surface area contributed by atoms with E-state index in [2.05, 4.69) is 9.97 Å². The molecule has 0 unspecified atom stereocenters. The van der Waals surface area contributed by atoms with Gasteiger partial charge in [-0.25, -0.2) is 9.37 Å². The van der Waals surface area contributed by atoms with E-state index in [1.807, 2.05) is 25.1 Å². The molecule has 0 saturated carbocycles. The molecule has 100 valence electrons. The Morgan fingerprint density at radius 3 is 2.60 bits per heavy atom. The predicted octanol–water partition coefficient (Wildman–Crippen LogP) is 4.32. The van der Waals surface area contributed by atoms with Crippen LogP contribution >= 0.6 is 0 Å². The van der Waals surface area contributed by atoms with Gasteiger partial charge in [-0.15, -0.1) is 0 Å². The molecule has 0 aliphatic rings. The van der Waals surface area contributed by atoms with Gasteiger partial charge in [-0.05, 0) is 37.3 Å². The van der Waals surface area contributed by atoms with Crippen LogP contribution in [0, 0.1) is 12.7 Å². The lowest BCUT2D eigenvalue weighted by atomic mass is 10.2. The molecule has 1 N–H and O–H groups in total. The van der Waals surface area contributed by atoms with Gasteiger partial charge in [-0.2, -0.15) is 0 Å². The molecular formula is C16H13FN2O. The van der Waals surface area contributed by atoms with E-state index in [-0.39, 0.29) is 5.75 Å². The summed E-state index contributed by atoms with van der Waals surface area (Å²) in [7, 11) is 0. The maximum Gasteiger partial charge on any atom is 0.165 e. The summed E-state index contributed by atoms with van der Waals surface area (Å²) in [5.74, 6) is 1.07. The van der Waals surface area contributed by atoms with Crippen LogP contribution < -0.4 is 4.74 Å². The Morgan fingerprint density at radius 2 is 1.90 bits per heavy atom. The van der Waals surface area contributed by atoms with Crippen molar-refractivity contribution in [3.8, 4) is 22.9 Å². The van der Waals surface area contributed by atoms with E-state index in [9.17, 15) is 4.39 Å². The molecule has 20 heavy (non-hydrogen) atoms. The number of imidazole rings is 1. The Labute approximate surface area is 116 Å². The number of para-hydroxylation sites is 1. The van der Waals surface area contributed by atoms with Gasteiger partial charge >= 0.3 is 0 Å². The van der Waals surface area contributed by atoms with Crippen molar-refractivity contribution in [1.82, 2.24) is 9.97 Å². The number of benzene rings is 2. The third kappa shape index (κ3) is 2.54. The van der Waals surface area contributed by atoms with E-state index in [4.69, 9.17) is 4.74 Å². The first-order valence-electron chi connectivity index (χ1n) is 6.27. The first-order valence-corrected chi connectivity index (χ1v) is 6.27. The minimum Gasteiger partial charge on any atom is -0.454 e. The zero-order valence-electron chi connectivity index (χ0n) is 10.9. The maximum absolute atomic E-state index is 13.8. The van der Waals surface area contributed by atoms with Crippen LogP contribution in [0.2, 0.25) is 0 Å². The van der Waals surface area contributed by atoms with Gasteiger partial charge < -0.3 is 9.72 Å². The molecule has 0 radical (unpaired) electrons. The molecule has 0 saturated heterocycles. The third-order valence-corrected chi connectivity index (χ3v) is 2.88. The van der Waals surface area contributed by atoms with Crippen LogP contribution in [0.5, 0.6) is 11.5 Å².